The van der Waals surface area contributed by atoms with Gasteiger partial charge < -0.3 is 0 Å². The topological polar surface area (TPSA) is 17.1 Å². The van der Waals surface area contributed by atoms with Crippen LogP contribution in [0.1, 0.15) is 18.4 Å². The number of hydrogen-bond acceptors (Lipinski definition) is 1. The molecule has 0 amide bonds. The minimum atomic E-state index is 0.260. The normalized spacial score (nSPS) is 20.5. The molecule has 0 aromatic heterocycles. The SMILES string of the molecule is O=C1CC(Br)C=C1CCc1ccccc1. The Balaban J connectivity index is 1.94. The molecule has 0 spiro atoms. The number of carbonyl (C=O) groups excluding carboxylic acids is 1. The first-order chi connectivity index (χ1) is 7.25. The van der Waals surface area contributed by atoms with Crippen LogP contribution in [0.25, 0.3) is 0 Å². The maximum atomic E-state index is 11.5. The van der Waals surface area contributed by atoms with Crippen molar-refractivity contribution in [3.63, 3.8) is 0 Å². The average molecular weight is 265 g/mol. The van der Waals surface area contributed by atoms with E-state index in [0.29, 0.717) is 12.2 Å². The maximum Gasteiger partial charge on any atom is 0.160 e. The summed E-state index contributed by atoms with van der Waals surface area (Å²) >= 11 is 3.45. The van der Waals surface area contributed by atoms with Crippen LogP contribution in [0.4, 0.5) is 0 Å². The van der Waals surface area contributed by atoms with E-state index in [1.807, 2.05) is 24.3 Å². The van der Waals surface area contributed by atoms with Gasteiger partial charge in [0.1, 0.15) is 0 Å². The molecule has 15 heavy (non-hydrogen) atoms. The third-order valence-electron chi connectivity index (χ3n) is 2.65. The van der Waals surface area contributed by atoms with Gasteiger partial charge in [0.05, 0.1) is 0 Å². The molecule has 0 aliphatic heterocycles. The first kappa shape index (κ1) is 10.6. The Labute approximate surface area is 98.3 Å². The van der Waals surface area contributed by atoms with E-state index in [0.717, 1.165) is 18.4 Å². The van der Waals surface area contributed by atoms with Crippen LogP contribution in [-0.2, 0) is 11.2 Å². The van der Waals surface area contributed by atoms with Crippen LogP contribution < -0.4 is 0 Å². The molecule has 1 nitrogen and oxygen atoms in total. The minimum absolute atomic E-state index is 0.260. The molecule has 0 bridgehead atoms. The van der Waals surface area contributed by atoms with Gasteiger partial charge in [0, 0.05) is 11.2 Å². The second-order valence-corrected chi connectivity index (χ2v) is 5.00. The van der Waals surface area contributed by atoms with Crippen LogP contribution >= 0.6 is 15.9 Å². The summed E-state index contributed by atoms with van der Waals surface area (Å²) in [6.45, 7) is 0. The summed E-state index contributed by atoms with van der Waals surface area (Å²) in [6.07, 6.45) is 4.50. The molecular formula is C13H13BrO. The second-order valence-electron chi connectivity index (χ2n) is 3.82. The van der Waals surface area contributed by atoms with E-state index >= 15 is 0 Å². The van der Waals surface area contributed by atoms with Crippen molar-refractivity contribution in [2.24, 2.45) is 0 Å². The minimum Gasteiger partial charge on any atom is -0.295 e. The van der Waals surface area contributed by atoms with Crippen LogP contribution in [0.15, 0.2) is 42.0 Å². The van der Waals surface area contributed by atoms with Gasteiger partial charge in [-0.2, -0.15) is 0 Å². The Hall–Kier alpha value is -0.890. The molecular weight excluding hydrogens is 252 g/mol. The fourth-order valence-corrected chi connectivity index (χ4v) is 2.44. The van der Waals surface area contributed by atoms with E-state index in [2.05, 4.69) is 28.1 Å². The van der Waals surface area contributed by atoms with Crippen molar-refractivity contribution in [1.82, 2.24) is 0 Å². The average Bonchev–Trinajstić information content (AvgIpc) is 2.56. The molecule has 1 aromatic carbocycles. The van der Waals surface area contributed by atoms with Crippen molar-refractivity contribution < 1.29 is 4.79 Å². The van der Waals surface area contributed by atoms with Crippen molar-refractivity contribution in [2.45, 2.75) is 24.1 Å². The maximum absolute atomic E-state index is 11.5. The summed E-state index contributed by atoms with van der Waals surface area (Å²) in [7, 11) is 0. The number of aryl methyl sites for hydroxylation is 1. The summed E-state index contributed by atoms with van der Waals surface area (Å²) in [5.74, 6) is 0.299. The van der Waals surface area contributed by atoms with Crippen molar-refractivity contribution in [3.05, 3.63) is 47.5 Å². The molecule has 0 fully saturated rings. The summed E-state index contributed by atoms with van der Waals surface area (Å²) < 4.78 is 0. The number of alkyl halides is 1. The molecule has 0 heterocycles. The fraction of sp³-hybridized carbons (Fsp3) is 0.308. The van der Waals surface area contributed by atoms with Crippen LogP contribution in [0.2, 0.25) is 0 Å². The van der Waals surface area contributed by atoms with Gasteiger partial charge in [0.15, 0.2) is 5.78 Å². The molecule has 0 N–H and O–H groups in total. The van der Waals surface area contributed by atoms with E-state index in [1.54, 1.807) is 0 Å². The van der Waals surface area contributed by atoms with Gasteiger partial charge >= 0.3 is 0 Å². The lowest BCUT2D eigenvalue weighted by atomic mass is 10.0. The monoisotopic (exact) mass is 264 g/mol. The van der Waals surface area contributed by atoms with Crippen LogP contribution in [0.3, 0.4) is 0 Å². The quantitative estimate of drug-likeness (QED) is 0.766. The third kappa shape index (κ3) is 2.78. The predicted octanol–water partition coefficient (Wildman–Crippen LogP) is 3.28. The van der Waals surface area contributed by atoms with Gasteiger partial charge in [-0.05, 0) is 24.0 Å². The van der Waals surface area contributed by atoms with Crippen LogP contribution in [0, 0.1) is 0 Å². The molecule has 78 valence electrons. The summed E-state index contributed by atoms with van der Waals surface area (Å²) in [6, 6.07) is 10.3. The molecule has 0 saturated heterocycles. The molecule has 0 saturated carbocycles. The number of benzene rings is 1. The molecule has 1 unspecified atom stereocenters. The van der Waals surface area contributed by atoms with Crippen molar-refractivity contribution >= 4 is 21.7 Å². The summed E-state index contributed by atoms with van der Waals surface area (Å²) in [5, 5.41) is 0. The highest BCUT2D eigenvalue weighted by Crippen LogP contribution is 2.24. The zero-order valence-corrected chi connectivity index (χ0v) is 10.0. The molecule has 1 aromatic rings. The zero-order chi connectivity index (χ0) is 10.7. The lowest BCUT2D eigenvalue weighted by molar-refractivity contribution is -0.114. The number of Topliss-reactive ketones (excluding diaryl/α,β-unsaturated/α-hetero) is 1. The van der Waals surface area contributed by atoms with Crippen LogP contribution in [-0.4, -0.2) is 10.6 Å². The molecule has 1 aliphatic rings. The van der Waals surface area contributed by atoms with E-state index in [4.69, 9.17) is 0 Å². The van der Waals surface area contributed by atoms with Gasteiger partial charge in [0.2, 0.25) is 0 Å². The lowest BCUT2D eigenvalue weighted by Crippen LogP contribution is -1.98. The molecule has 1 aliphatic carbocycles. The van der Waals surface area contributed by atoms with E-state index in [-0.39, 0.29) is 4.83 Å². The summed E-state index contributed by atoms with van der Waals surface area (Å²) in [5.41, 5.74) is 2.28. The Morgan fingerprint density at radius 2 is 1.93 bits per heavy atom. The number of hydrogen-bond donors (Lipinski definition) is 0. The molecule has 0 radical (unpaired) electrons. The Bertz CT molecular complexity index is 381. The largest absolute Gasteiger partial charge is 0.295 e. The van der Waals surface area contributed by atoms with Crippen LogP contribution in [0.5, 0.6) is 0 Å². The Morgan fingerprint density at radius 1 is 1.20 bits per heavy atom. The smallest absolute Gasteiger partial charge is 0.160 e. The first-order valence-corrected chi connectivity index (χ1v) is 6.09. The number of carbonyl (C=O) groups is 1. The Kier molecular flexibility index (Phi) is 3.37. The Morgan fingerprint density at radius 3 is 2.53 bits per heavy atom. The molecule has 1 atom stereocenters. The highest BCUT2D eigenvalue weighted by Gasteiger charge is 2.21. The number of ketones is 1. The highest BCUT2D eigenvalue weighted by atomic mass is 79.9. The van der Waals surface area contributed by atoms with Gasteiger partial charge in [-0.1, -0.05) is 52.3 Å². The van der Waals surface area contributed by atoms with Gasteiger partial charge in [-0.15, -0.1) is 0 Å². The predicted molar refractivity (Wildman–Crippen MR) is 65.2 cm³/mol. The second kappa shape index (κ2) is 4.75. The number of allylic oxidation sites excluding steroid dienone is 2. The van der Waals surface area contributed by atoms with Crippen molar-refractivity contribution in [2.75, 3.05) is 0 Å². The van der Waals surface area contributed by atoms with E-state index < -0.39 is 0 Å². The standard InChI is InChI=1S/C13H13BrO/c14-12-8-11(13(15)9-12)7-6-10-4-2-1-3-5-10/h1-5,8,12H,6-7,9H2. The van der Waals surface area contributed by atoms with Crippen molar-refractivity contribution in [3.8, 4) is 0 Å². The van der Waals surface area contributed by atoms with Gasteiger partial charge in [0.25, 0.3) is 0 Å². The number of rotatable bonds is 3. The summed E-state index contributed by atoms with van der Waals surface area (Å²) in [4.78, 5) is 11.8. The highest BCUT2D eigenvalue weighted by molar-refractivity contribution is 9.09. The van der Waals surface area contributed by atoms with Gasteiger partial charge in [-0.25, -0.2) is 0 Å². The van der Waals surface area contributed by atoms with E-state index in [1.165, 1.54) is 5.56 Å². The molecule has 2 rings (SSSR count). The van der Waals surface area contributed by atoms with Crippen molar-refractivity contribution in [1.29, 1.82) is 0 Å². The third-order valence-corrected chi connectivity index (χ3v) is 3.23. The fourth-order valence-electron chi connectivity index (χ4n) is 1.82. The van der Waals surface area contributed by atoms with E-state index in [9.17, 15) is 4.79 Å². The molecule has 2 heteroatoms. The lowest BCUT2D eigenvalue weighted by Gasteiger charge is -2.00. The van der Waals surface area contributed by atoms with Gasteiger partial charge in [-0.3, -0.25) is 4.79 Å². The number of halogens is 1. The first-order valence-electron chi connectivity index (χ1n) is 5.17. The zero-order valence-electron chi connectivity index (χ0n) is 8.45.